The van der Waals surface area contributed by atoms with Gasteiger partial charge in [0.05, 0.1) is 5.69 Å². The van der Waals surface area contributed by atoms with Gasteiger partial charge >= 0.3 is 0 Å². The van der Waals surface area contributed by atoms with Crippen LogP contribution in [0.3, 0.4) is 0 Å². The zero-order chi connectivity index (χ0) is 19.5. The maximum Gasteiger partial charge on any atom is 0.262 e. The number of carbonyl (C=O) groups excluding carboxylic acids is 1. The Balaban J connectivity index is 1.83. The van der Waals surface area contributed by atoms with Crippen LogP contribution in [0.15, 0.2) is 82.2 Å². The summed E-state index contributed by atoms with van der Waals surface area (Å²) in [6.45, 7) is 1.86. The number of benzene rings is 2. The number of para-hydroxylation sites is 1. The van der Waals surface area contributed by atoms with Crippen LogP contribution in [0.25, 0.3) is 11.0 Å². The summed E-state index contributed by atoms with van der Waals surface area (Å²) in [5.41, 5.74) is 2.61. The molecule has 6 heteroatoms. The maximum absolute atomic E-state index is 12.9. The van der Waals surface area contributed by atoms with Crippen molar-refractivity contribution in [1.29, 1.82) is 0 Å². The summed E-state index contributed by atoms with van der Waals surface area (Å²) in [6.07, 6.45) is 0. The van der Waals surface area contributed by atoms with Gasteiger partial charge in [0.25, 0.3) is 5.91 Å². The molecule has 0 aliphatic rings. The number of rotatable bonds is 3. The van der Waals surface area contributed by atoms with Crippen LogP contribution >= 0.6 is 11.6 Å². The van der Waals surface area contributed by atoms with Gasteiger partial charge in [-0.05, 0) is 55.5 Å². The number of hydrogen-bond acceptors (Lipinski definition) is 4. The summed E-state index contributed by atoms with van der Waals surface area (Å²) < 4.78 is 5.93. The fourth-order valence-corrected chi connectivity index (χ4v) is 2.87. The number of amides is 1. The van der Waals surface area contributed by atoms with Crippen LogP contribution in [0.1, 0.15) is 16.1 Å². The van der Waals surface area contributed by atoms with Gasteiger partial charge in [0.15, 0.2) is 0 Å². The molecule has 0 saturated carbocycles. The van der Waals surface area contributed by atoms with Gasteiger partial charge in [-0.15, -0.1) is 0 Å². The topological polar surface area (TPSA) is 67.5 Å². The minimum Gasteiger partial charge on any atom is -0.438 e. The van der Waals surface area contributed by atoms with E-state index in [1.807, 2.05) is 43.3 Å². The lowest BCUT2D eigenvalue weighted by atomic mass is 10.1. The second-order valence-corrected chi connectivity index (χ2v) is 6.65. The number of aromatic nitrogens is 1. The predicted octanol–water partition coefficient (Wildman–Crippen LogP) is 5.27. The minimum atomic E-state index is -0.347. The second kappa shape index (κ2) is 7.66. The van der Waals surface area contributed by atoms with Crippen molar-refractivity contribution in [2.24, 2.45) is 4.99 Å². The lowest BCUT2D eigenvalue weighted by Gasteiger charge is -2.07. The van der Waals surface area contributed by atoms with E-state index in [0.717, 1.165) is 11.1 Å². The number of nitrogens with zero attached hydrogens (tertiary/aromatic N) is 2. The first-order valence-corrected chi connectivity index (χ1v) is 9.04. The highest BCUT2D eigenvalue weighted by molar-refractivity contribution is 6.30. The van der Waals surface area contributed by atoms with E-state index in [9.17, 15) is 4.79 Å². The summed E-state index contributed by atoms with van der Waals surface area (Å²) in [7, 11) is 0. The molecule has 4 rings (SSSR count). The number of halogens is 1. The molecule has 4 aromatic rings. The fourth-order valence-electron chi connectivity index (χ4n) is 2.74. The first-order valence-electron chi connectivity index (χ1n) is 8.67. The number of pyridine rings is 1. The third-order valence-electron chi connectivity index (χ3n) is 4.09. The van der Waals surface area contributed by atoms with E-state index in [0.29, 0.717) is 27.7 Å². The van der Waals surface area contributed by atoms with Gasteiger partial charge in [0.2, 0.25) is 5.55 Å². The highest BCUT2D eigenvalue weighted by atomic mass is 35.5. The average molecular weight is 390 g/mol. The van der Waals surface area contributed by atoms with Gasteiger partial charge in [-0.2, -0.15) is 0 Å². The van der Waals surface area contributed by atoms with E-state index < -0.39 is 0 Å². The number of fused-ring (bicyclic) bond motifs is 1. The van der Waals surface area contributed by atoms with E-state index in [-0.39, 0.29) is 11.5 Å². The summed E-state index contributed by atoms with van der Waals surface area (Å²) in [5, 5.41) is 4.22. The first kappa shape index (κ1) is 17.9. The molecule has 2 heterocycles. The Kier molecular flexibility index (Phi) is 4.91. The van der Waals surface area contributed by atoms with Gasteiger partial charge in [-0.1, -0.05) is 35.9 Å². The van der Waals surface area contributed by atoms with Crippen molar-refractivity contribution in [2.45, 2.75) is 6.92 Å². The average Bonchev–Trinajstić information content (AvgIpc) is 2.69. The molecule has 28 heavy (non-hydrogen) atoms. The molecule has 0 bridgehead atoms. The van der Waals surface area contributed by atoms with Crippen molar-refractivity contribution in [2.75, 3.05) is 5.32 Å². The van der Waals surface area contributed by atoms with Crippen molar-refractivity contribution in [1.82, 2.24) is 4.98 Å². The maximum atomic E-state index is 12.9. The fraction of sp³-hybridized carbons (Fsp3) is 0.0455. The molecule has 0 aliphatic carbocycles. The molecule has 0 radical (unpaired) electrons. The molecule has 0 fully saturated rings. The van der Waals surface area contributed by atoms with Crippen LogP contribution in [-0.4, -0.2) is 10.9 Å². The summed E-state index contributed by atoms with van der Waals surface area (Å²) >= 11 is 5.94. The van der Waals surface area contributed by atoms with Crippen molar-refractivity contribution in [3.05, 3.63) is 94.6 Å². The number of aryl methyl sites for hydroxylation is 1. The van der Waals surface area contributed by atoms with Crippen molar-refractivity contribution in [3.63, 3.8) is 0 Å². The van der Waals surface area contributed by atoms with Crippen LogP contribution in [0.5, 0.6) is 0 Å². The summed E-state index contributed by atoms with van der Waals surface area (Å²) in [6, 6.07) is 21.7. The molecule has 2 aromatic heterocycles. The van der Waals surface area contributed by atoms with E-state index in [1.165, 1.54) is 0 Å². The molecule has 5 nitrogen and oxygen atoms in total. The predicted molar refractivity (Wildman–Crippen MR) is 110 cm³/mol. The standard InChI is InChI=1S/C22H16ClN3O2/c1-14-5-4-8-20(24-14)26-21(27)18-13-15-6-2-3-7-19(15)28-22(18)25-17-11-9-16(23)10-12-17/h2-13H,1H3,(H,24,26,27). The highest BCUT2D eigenvalue weighted by Crippen LogP contribution is 2.18. The van der Waals surface area contributed by atoms with Gasteiger partial charge in [0.1, 0.15) is 17.0 Å². The lowest BCUT2D eigenvalue weighted by Crippen LogP contribution is -2.22. The molecule has 0 unspecified atom stereocenters. The van der Waals surface area contributed by atoms with Gasteiger partial charge < -0.3 is 9.73 Å². The van der Waals surface area contributed by atoms with Crippen LogP contribution in [0, 0.1) is 6.92 Å². The molecule has 0 spiro atoms. The molecular formula is C22H16ClN3O2. The smallest absolute Gasteiger partial charge is 0.262 e. The van der Waals surface area contributed by atoms with E-state index in [4.69, 9.17) is 16.0 Å². The number of nitrogens with one attached hydrogen (secondary N) is 1. The van der Waals surface area contributed by atoms with E-state index in [1.54, 1.807) is 36.4 Å². The highest BCUT2D eigenvalue weighted by Gasteiger charge is 2.13. The Hall–Kier alpha value is -3.44. The van der Waals surface area contributed by atoms with Crippen LogP contribution in [0.2, 0.25) is 5.02 Å². The molecule has 1 amide bonds. The number of anilines is 1. The number of hydrogen-bond donors (Lipinski definition) is 1. The van der Waals surface area contributed by atoms with E-state index in [2.05, 4.69) is 15.3 Å². The largest absolute Gasteiger partial charge is 0.438 e. The quantitative estimate of drug-likeness (QED) is 0.518. The van der Waals surface area contributed by atoms with Crippen LogP contribution < -0.4 is 10.9 Å². The van der Waals surface area contributed by atoms with Gasteiger partial charge in [-0.25, -0.2) is 9.98 Å². The summed E-state index contributed by atoms with van der Waals surface area (Å²) in [4.78, 5) is 21.8. The monoisotopic (exact) mass is 389 g/mol. The molecule has 0 atom stereocenters. The Bertz CT molecular complexity index is 1230. The summed E-state index contributed by atoms with van der Waals surface area (Å²) in [5.74, 6) is 0.121. The van der Waals surface area contributed by atoms with E-state index >= 15 is 0 Å². The normalized spacial score (nSPS) is 11.6. The molecule has 1 N–H and O–H groups in total. The molecule has 138 valence electrons. The number of carbonyl (C=O) groups is 1. The van der Waals surface area contributed by atoms with Crippen molar-refractivity contribution >= 4 is 40.0 Å². The zero-order valence-corrected chi connectivity index (χ0v) is 15.8. The van der Waals surface area contributed by atoms with Crippen LogP contribution in [-0.2, 0) is 0 Å². The Morgan fingerprint density at radius 1 is 1.04 bits per heavy atom. The Labute approximate surface area is 166 Å². The van der Waals surface area contributed by atoms with Gasteiger partial charge in [0, 0.05) is 16.1 Å². The zero-order valence-electron chi connectivity index (χ0n) is 15.0. The SMILES string of the molecule is Cc1cccc(NC(=O)c2cc3ccccc3oc2=Nc2ccc(Cl)cc2)n1. The Morgan fingerprint density at radius 3 is 2.61 bits per heavy atom. The molecule has 0 saturated heterocycles. The second-order valence-electron chi connectivity index (χ2n) is 6.21. The first-order chi connectivity index (χ1) is 13.6. The molecule has 2 aromatic carbocycles. The third-order valence-corrected chi connectivity index (χ3v) is 4.34. The Morgan fingerprint density at radius 2 is 1.82 bits per heavy atom. The van der Waals surface area contributed by atoms with Crippen LogP contribution in [0.4, 0.5) is 11.5 Å². The van der Waals surface area contributed by atoms with Gasteiger partial charge in [-0.3, -0.25) is 4.79 Å². The molecule has 0 aliphatic heterocycles. The van der Waals surface area contributed by atoms with Crippen molar-refractivity contribution in [3.8, 4) is 0 Å². The van der Waals surface area contributed by atoms with Crippen molar-refractivity contribution < 1.29 is 9.21 Å². The molecular weight excluding hydrogens is 374 g/mol. The third kappa shape index (κ3) is 3.94. The lowest BCUT2D eigenvalue weighted by molar-refractivity contribution is 0.102. The minimum absolute atomic E-state index is 0.214.